The number of fused-ring (bicyclic) bond motifs is 1. The molecule has 1 atom stereocenters. The van der Waals surface area contributed by atoms with Crippen molar-refractivity contribution < 1.29 is 4.39 Å². The minimum absolute atomic E-state index is 0.0432. The van der Waals surface area contributed by atoms with Crippen molar-refractivity contribution in [2.24, 2.45) is 0 Å². The number of pyridine rings is 1. The summed E-state index contributed by atoms with van der Waals surface area (Å²) < 4.78 is 15.1. The molecule has 0 aromatic carbocycles. The lowest BCUT2D eigenvalue weighted by Gasteiger charge is -2.25. The lowest BCUT2D eigenvalue weighted by molar-refractivity contribution is 0.610. The van der Waals surface area contributed by atoms with Crippen LogP contribution in [0.5, 0.6) is 0 Å². The highest BCUT2D eigenvalue weighted by Gasteiger charge is 2.28. The first kappa shape index (κ1) is 13.6. The Kier molecular flexibility index (Phi) is 3.15. The molecule has 4 rings (SSSR count). The summed E-state index contributed by atoms with van der Waals surface area (Å²) in [6.45, 7) is 0.834. The van der Waals surface area contributed by atoms with E-state index in [1.807, 2.05) is 6.07 Å². The van der Waals surface area contributed by atoms with Gasteiger partial charge in [0.25, 0.3) is 0 Å². The summed E-state index contributed by atoms with van der Waals surface area (Å²) >= 11 is 0. The molecule has 23 heavy (non-hydrogen) atoms. The van der Waals surface area contributed by atoms with Crippen LogP contribution >= 0.6 is 0 Å². The van der Waals surface area contributed by atoms with Crippen molar-refractivity contribution in [3.8, 4) is 6.07 Å². The Bertz CT molecular complexity index is 912. The second-order valence-electron chi connectivity index (χ2n) is 5.51. The van der Waals surface area contributed by atoms with E-state index in [1.54, 1.807) is 16.9 Å². The van der Waals surface area contributed by atoms with Gasteiger partial charge in [-0.25, -0.2) is 13.9 Å². The zero-order valence-corrected chi connectivity index (χ0v) is 12.2. The van der Waals surface area contributed by atoms with E-state index in [1.165, 1.54) is 18.5 Å². The van der Waals surface area contributed by atoms with E-state index in [2.05, 4.69) is 26.0 Å². The van der Waals surface area contributed by atoms with E-state index in [9.17, 15) is 4.39 Å². The maximum atomic E-state index is 13.5. The van der Waals surface area contributed by atoms with Gasteiger partial charge in [0.1, 0.15) is 23.3 Å². The van der Waals surface area contributed by atoms with Gasteiger partial charge in [-0.05, 0) is 30.5 Å². The number of anilines is 1. The van der Waals surface area contributed by atoms with Crippen molar-refractivity contribution >= 4 is 11.5 Å². The van der Waals surface area contributed by atoms with Crippen LogP contribution in [0, 0.1) is 17.1 Å². The third-order valence-electron chi connectivity index (χ3n) is 4.13. The van der Waals surface area contributed by atoms with Crippen LogP contribution in [0.25, 0.3) is 5.65 Å². The first-order valence-corrected chi connectivity index (χ1v) is 7.38. The van der Waals surface area contributed by atoms with E-state index in [0.717, 1.165) is 30.8 Å². The van der Waals surface area contributed by atoms with Crippen LogP contribution in [0.3, 0.4) is 0 Å². The summed E-state index contributed by atoms with van der Waals surface area (Å²) in [6, 6.07) is 5.53. The molecule has 0 saturated carbocycles. The summed E-state index contributed by atoms with van der Waals surface area (Å²) in [5.74, 6) is 0.432. The lowest BCUT2D eigenvalue weighted by atomic mass is 10.1. The monoisotopic (exact) mass is 308 g/mol. The van der Waals surface area contributed by atoms with Crippen molar-refractivity contribution in [2.45, 2.75) is 18.9 Å². The molecule has 0 bridgehead atoms. The molecule has 3 aromatic rings. The summed E-state index contributed by atoms with van der Waals surface area (Å²) in [4.78, 5) is 10.7. The van der Waals surface area contributed by atoms with Crippen molar-refractivity contribution in [1.82, 2.24) is 19.6 Å². The maximum Gasteiger partial charge on any atom is 0.175 e. The van der Waals surface area contributed by atoms with Gasteiger partial charge in [0, 0.05) is 18.9 Å². The fraction of sp³-hybridized carbons (Fsp3) is 0.250. The average molecular weight is 308 g/mol. The van der Waals surface area contributed by atoms with E-state index >= 15 is 0 Å². The fourth-order valence-corrected chi connectivity index (χ4v) is 3.10. The molecule has 114 valence electrons. The van der Waals surface area contributed by atoms with Gasteiger partial charge in [0.2, 0.25) is 0 Å². The third-order valence-corrected chi connectivity index (χ3v) is 4.13. The van der Waals surface area contributed by atoms with Crippen molar-refractivity contribution in [1.29, 1.82) is 5.26 Å². The van der Waals surface area contributed by atoms with Gasteiger partial charge in [-0.3, -0.25) is 4.98 Å². The van der Waals surface area contributed by atoms with E-state index in [-0.39, 0.29) is 11.9 Å². The van der Waals surface area contributed by atoms with Crippen LogP contribution < -0.4 is 4.90 Å². The first-order chi connectivity index (χ1) is 11.3. The Hall–Kier alpha value is -3.01. The number of rotatable bonds is 2. The number of hydrogen-bond acceptors (Lipinski definition) is 5. The highest BCUT2D eigenvalue weighted by Crippen LogP contribution is 2.35. The number of aromatic nitrogens is 4. The molecule has 7 heteroatoms. The van der Waals surface area contributed by atoms with Crippen molar-refractivity contribution in [3.05, 3.63) is 53.9 Å². The standard InChI is InChI=1S/C16H13FN6/c17-13-6-11(8-19-10-13)14-2-1-4-22(14)15-3-5-23-16(21-15)12(7-18)9-20-23/h3,5-6,8-10,14H,1-2,4H2. The zero-order valence-electron chi connectivity index (χ0n) is 12.2. The second-order valence-corrected chi connectivity index (χ2v) is 5.51. The molecule has 1 aliphatic heterocycles. The van der Waals surface area contributed by atoms with Gasteiger partial charge >= 0.3 is 0 Å². The third kappa shape index (κ3) is 2.28. The first-order valence-electron chi connectivity index (χ1n) is 7.38. The Labute approximate surface area is 131 Å². The molecule has 1 fully saturated rings. The van der Waals surface area contributed by atoms with Crippen LogP contribution in [0.15, 0.2) is 36.9 Å². The van der Waals surface area contributed by atoms with Gasteiger partial charge < -0.3 is 4.90 Å². The van der Waals surface area contributed by atoms with Crippen LogP contribution in [0.2, 0.25) is 0 Å². The Balaban J connectivity index is 1.75. The van der Waals surface area contributed by atoms with Crippen molar-refractivity contribution in [2.75, 3.05) is 11.4 Å². The number of nitrogens with zero attached hydrogens (tertiary/aromatic N) is 6. The molecule has 0 radical (unpaired) electrons. The molecule has 4 heterocycles. The maximum absolute atomic E-state index is 13.5. The van der Waals surface area contributed by atoms with Crippen LogP contribution in [0.4, 0.5) is 10.2 Å². The van der Waals surface area contributed by atoms with Gasteiger partial charge in [-0.2, -0.15) is 10.4 Å². The van der Waals surface area contributed by atoms with E-state index in [0.29, 0.717) is 11.2 Å². The smallest absolute Gasteiger partial charge is 0.175 e. The molecular formula is C16H13FN6. The average Bonchev–Trinajstić information content (AvgIpc) is 3.21. The second kappa shape index (κ2) is 5.32. The lowest BCUT2D eigenvalue weighted by Crippen LogP contribution is -2.24. The Morgan fingerprint density at radius 2 is 2.22 bits per heavy atom. The molecular weight excluding hydrogens is 295 g/mol. The molecule has 1 aliphatic rings. The summed E-state index contributed by atoms with van der Waals surface area (Å²) in [5.41, 5.74) is 1.82. The van der Waals surface area contributed by atoms with Crippen molar-refractivity contribution in [3.63, 3.8) is 0 Å². The highest BCUT2D eigenvalue weighted by atomic mass is 19.1. The highest BCUT2D eigenvalue weighted by molar-refractivity contribution is 5.58. The fourth-order valence-electron chi connectivity index (χ4n) is 3.10. The minimum atomic E-state index is -0.333. The van der Waals surface area contributed by atoms with Gasteiger partial charge in [-0.1, -0.05) is 0 Å². The molecule has 0 amide bonds. The molecule has 0 aliphatic carbocycles. The SMILES string of the molecule is N#Cc1cnn2ccc(N3CCCC3c3cncc(F)c3)nc12. The zero-order chi connectivity index (χ0) is 15.8. The van der Waals surface area contributed by atoms with Gasteiger partial charge in [0.05, 0.1) is 18.4 Å². The number of nitriles is 1. The number of halogens is 1. The van der Waals surface area contributed by atoms with Gasteiger partial charge in [-0.15, -0.1) is 0 Å². The van der Waals surface area contributed by atoms with E-state index < -0.39 is 0 Å². The normalized spacial score (nSPS) is 17.6. The molecule has 6 nitrogen and oxygen atoms in total. The molecule has 1 saturated heterocycles. The minimum Gasteiger partial charge on any atom is -0.349 e. The molecule has 0 N–H and O–H groups in total. The summed E-state index contributed by atoms with van der Waals surface area (Å²) in [7, 11) is 0. The predicted molar refractivity (Wildman–Crippen MR) is 81.2 cm³/mol. The van der Waals surface area contributed by atoms with E-state index in [4.69, 9.17) is 5.26 Å². The topological polar surface area (TPSA) is 70.1 Å². The van der Waals surface area contributed by atoms with Crippen LogP contribution in [-0.4, -0.2) is 26.1 Å². The molecule has 0 spiro atoms. The summed E-state index contributed by atoms with van der Waals surface area (Å²) in [5, 5.41) is 13.2. The van der Waals surface area contributed by atoms with Gasteiger partial charge in [0.15, 0.2) is 5.65 Å². The Morgan fingerprint density at radius 1 is 1.30 bits per heavy atom. The largest absolute Gasteiger partial charge is 0.349 e. The quantitative estimate of drug-likeness (QED) is 0.727. The summed E-state index contributed by atoms with van der Waals surface area (Å²) in [6.07, 6.45) is 8.12. The van der Waals surface area contributed by atoms with Crippen LogP contribution in [-0.2, 0) is 0 Å². The number of hydrogen-bond donors (Lipinski definition) is 0. The predicted octanol–water partition coefficient (Wildman–Crippen LogP) is 2.48. The molecule has 1 unspecified atom stereocenters. The molecule has 3 aromatic heterocycles. The Morgan fingerprint density at radius 3 is 3.04 bits per heavy atom. The van der Waals surface area contributed by atoms with Crippen LogP contribution in [0.1, 0.15) is 30.0 Å².